The van der Waals surface area contributed by atoms with E-state index in [4.69, 9.17) is 0 Å². The number of hydrogen-bond acceptors (Lipinski definition) is 3. The summed E-state index contributed by atoms with van der Waals surface area (Å²) in [5.74, 6) is 0.549. The van der Waals surface area contributed by atoms with Gasteiger partial charge in [-0.15, -0.1) is 0 Å². The highest BCUT2D eigenvalue weighted by Gasteiger charge is 2.16. The summed E-state index contributed by atoms with van der Waals surface area (Å²) < 4.78 is 1.80. The molecule has 2 aromatic heterocycles. The van der Waals surface area contributed by atoms with Gasteiger partial charge in [-0.1, -0.05) is 6.92 Å². The minimum Gasteiger partial charge on any atom is -0.379 e. The van der Waals surface area contributed by atoms with Crippen LogP contribution in [0.25, 0.3) is 0 Å². The molecular formula is C10H14N4O. The van der Waals surface area contributed by atoms with Gasteiger partial charge in [0.15, 0.2) is 6.10 Å². The summed E-state index contributed by atoms with van der Waals surface area (Å²) in [4.78, 5) is 6.92. The molecule has 80 valence electrons. The molecule has 2 heterocycles. The smallest absolute Gasteiger partial charge is 0.153 e. The highest BCUT2D eigenvalue weighted by atomic mass is 16.3. The zero-order chi connectivity index (χ0) is 10.7. The second-order valence-corrected chi connectivity index (χ2v) is 3.36. The lowest BCUT2D eigenvalue weighted by atomic mass is 10.2. The van der Waals surface area contributed by atoms with Crippen LogP contribution in [0.4, 0.5) is 0 Å². The molecule has 0 radical (unpaired) electrons. The number of nitrogens with one attached hydrogen (secondary N) is 1. The van der Waals surface area contributed by atoms with Crippen molar-refractivity contribution < 1.29 is 5.11 Å². The number of aryl methyl sites for hydroxylation is 1. The molecule has 0 amide bonds. The Morgan fingerprint density at radius 2 is 2.40 bits per heavy atom. The lowest BCUT2D eigenvalue weighted by Gasteiger charge is -2.10. The van der Waals surface area contributed by atoms with E-state index in [0.717, 1.165) is 18.7 Å². The molecule has 2 rings (SSSR count). The van der Waals surface area contributed by atoms with Crippen LogP contribution >= 0.6 is 0 Å². The summed E-state index contributed by atoms with van der Waals surface area (Å²) in [6, 6.07) is 1.81. The minimum atomic E-state index is -0.728. The number of aromatic amines is 1. The van der Waals surface area contributed by atoms with E-state index in [-0.39, 0.29) is 0 Å². The first kappa shape index (κ1) is 9.92. The van der Waals surface area contributed by atoms with Crippen molar-refractivity contribution in [3.8, 4) is 0 Å². The van der Waals surface area contributed by atoms with E-state index in [9.17, 15) is 5.11 Å². The van der Waals surface area contributed by atoms with Crippen molar-refractivity contribution in [2.45, 2.75) is 26.0 Å². The van der Waals surface area contributed by atoms with Crippen molar-refractivity contribution in [2.24, 2.45) is 0 Å². The summed E-state index contributed by atoms with van der Waals surface area (Å²) in [7, 11) is 0. The van der Waals surface area contributed by atoms with Gasteiger partial charge in [0.25, 0.3) is 0 Å². The van der Waals surface area contributed by atoms with Crippen molar-refractivity contribution in [1.82, 2.24) is 19.7 Å². The molecular weight excluding hydrogens is 192 g/mol. The number of imidazole rings is 1. The number of hydrogen-bond donors (Lipinski definition) is 2. The summed E-state index contributed by atoms with van der Waals surface area (Å²) in [5.41, 5.74) is 0.770. The summed E-state index contributed by atoms with van der Waals surface area (Å²) >= 11 is 0. The van der Waals surface area contributed by atoms with E-state index >= 15 is 0 Å². The quantitative estimate of drug-likeness (QED) is 0.787. The molecule has 0 saturated heterocycles. The predicted octanol–water partition coefficient (Wildman–Crippen LogP) is 1.10. The van der Waals surface area contributed by atoms with Crippen molar-refractivity contribution in [3.05, 3.63) is 36.2 Å². The van der Waals surface area contributed by atoms with Gasteiger partial charge in [0, 0.05) is 25.1 Å². The Labute approximate surface area is 87.8 Å². The molecule has 2 aromatic rings. The van der Waals surface area contributed by atoms with Crippen molar-refractivity contribution >= 4 is 0 Å². The van der Waals surface area contributed by atoms with Crippen LogP contribution in [0.3, 0.4) is 0 Å². The molecule has 5 heteroatoms. The SMILES string of the molecule is CCCn1nccc1C(O)c1ncc[nH]1. The predicted molar refractivity (Wildman–Crippen MR) is 55.2 cm³/mol. The Morgan fingerprint density at radius 1 is 1.53 bits per heavy atom. The maximum atomic E-state index is 10.0. The number of nitrogens with zero attached hydrogens (tertiary/aromatic N) is 3. The molecule has 0 aliphatic rings. The minimum absolute atomic E-state index is 0.549. The second kappa shape index (κ2) is 4.27. The standard InChI is InChI=1S/C10H14N4O/c1-2-7-14-8(3-4-13-14)9(15)10-11-5-6-12-10/h3-6,9,15H,2,7H2,1H3,(H,11,12). The van der Waals surface area contributed by atoms with Gasteiger partial charge in [-0.2, -0.15) is 5.10 Å². The van der Waals surface area contributed by atoms with E-state index in [1.54, 1.807) is 23.3 Å². The van der Waals surface area contributed by atoms with Crippen LogP contribution in [0.5, 0.6) is 0 Å². The highest BCUT2D eigenvalue weighted by Crippen LogP contribution is 2.17. The first-order chi connectivity index (χ1) is 7.33. The van der Waals surface area contributed by atoms with Gasteiger partial charge in [0.1, 0.15) is 5.82 Å². The van der Waals surface area contributed by atoms with Crippen LogP contribution in [-0.2, 0) is 6.54 Å². The molecule has 1 atom stereocenters. The zero-order valence-corrected chi connectivity index (χ0v) is 8.59. The number of aliphatic hydroxyl groups excluding tert-OH is 1. The topological polar surface area (TPSA) is 66.7 Å². The van der Waals surface area contributed by atoms with Crippen LogP contribution in [0.15, 0.2) is 24.7 Å². The van der Waals surface area contributed by atoms with Crippen LogP contribution < -0.4 is 0 Å². The van der Waals surface area contributed by atoms with Crippen LogP contribution in [0, 0.1) is 0 Å². The number of aromatic nitrogens is 4. The van der Waals surface area contributed by atoms with Crippen LogP contribution in [-0.4, -0.2) is 24.9 Å². The lowest BCUT2D eigenvalue weighted by molar-refractivity contribution is 0.198. The molecule has 0 saturated carbocycles. The Hall–Kier alpha value is -1.62. The van der Waals surface area contributed by atoms with Crippen molar-refractivity contribution in [2.75, 3.05) is 0 Å². The van der Waals surface area contributed by atoms with Gasteiger partial charge in [0.05, 0.1) is 5.69 Å². The third-order valence-corrected chi connectivity index (χ3v) is 2.24. The summed E-state index contributed by atoms with van der Waals surface area (Å²) in [5, 5.41) is 14.2. The Morgan fingerprint density at radius 3 is 3.07 bits per heavy atom. The van der Waals surface area contributed by atoms with Crippen LogP contribution in [0.2, 0.25) is 0 Å². The van der Waals surface area contributed by atoms with Crippen LogP contribution in [0.1, 0.15) is 31.0 Å². The van der Waals surface area contributed by atoms with E-state index in [1.165, 1.54) is 0 Å². The maximum absolute atomic E-state index is 10.0. The molecule has 0 aliphatic carbocycles. The van der Waals surface area contributed by atoms with Crippen molar-refractivity contribution in [3.63, 3.8) is 0 Å². The van der Waals surface area contributed by atoms with E-state index in [1.807, 2.05) is 6.07 Å². The van der Waals surface area contributed by atoms with Gasteiger partial charge >= 0.3 is 0 Å². The number of aliphatic hydroxyl groups is 1. The molecule has 5 nitrogen and oxygen atoms in total. The second-order valence-electron chi connectivity index (χ2n) is 3.36. The van der Waals surface area contributed by atoms with Gasteiger partial charge < -0.3 is 10.1 Å². The van der Waals surface area contributed by atoms with Crippen molar-refractivity contribution in [1.29, 1.82) is 0 Å². The highest BCUT2D eigenvalue weighted by molar-refractivity contribution is 5.13. The molecule has 2 N–H and O–H groups in total. The maximum Gasteiger partial charge on any atom is 0.153 e. The number of rotatable bonds is 4. The third-order valence-electron chi connectivity index (χ3n) is 2.24. The fourth-order valence-electron chi connectivity index (χ4n) is 1.54. The molecule has 0 fully saturated rings. The Bertz CT molecular complexity index is 407. The van der Waals surface area contributed by atoms with Gasteiger partial charge in [-0.25, -0.2) is 4.98 Å². The molecule has 15 heavy (non-hydrogen) atoms. The fourth-order valence-corrected chi connectivity index (χ4v) is 1.54. The Kier molecular flexibility index (Phi) is 2.82. The third kappa shape index (κ3) is 1.92. The van der Waals surface area contributed by atoms with E-state index < -0.39 is 6.10 Å². The van der Waals surface area contributed by atoms with Gasteiger partial charge in [-0.05, 0) is 12.5 Å². The average Bonchev–Trinajstić information content (AvgIpc) is 2.87. The average molecular weight is 206 g/mol. The first-order valence-electron chi connectivity index (χ1n) is 5.02. The van der Waals surface area contributed by atoms with E-state index in [2.05, 4.69) is 22.0 Å². The summed E-state index contributed by atoms with van der Waals surface area (Å²) in [6.07, 6.45) is 5.27. The number of H-pyrrole nitrogens is 1. The molecule has 0 aliphatic heterocycles. The monoisotopic (exact) mass is 206 g/mol. The lowest BCUT2D eigenvalue weighted by Crippen LogP contribution is -2.11. The van der Waals surface area contributed by atoms with E-state index in [0.29, 0.717) is 5.82 Å². The van der Waals surface area contributed by atoms with Gasteiger partial charge in [-0.3, -0.25) is 4.68 Å². The molecule has 0 bridgehead atoms. The fraction of sp³-hybridized carbons (Fsp3) is 0.400. The zero-order valence-electron chi connectivity index (χ0n) is 8.59. The Balaban J connectivity index is 2.25. The molecule has 1 unspecified atom stereocenters. The normalized spacial score (nSPS) is 12.9. The van der Waals surface area contributed by atoms with Gasteiger partial charge in [0.2, 0.25) is 0 Å². The first-order valence-corrected chi connectivity index (χ1v) is 5.02. The molecule has 0 spiro atoms. The largest absolute Gasteiger partial charge is 0.379 e. The summed E-state index contributed by atoms with van der Waals surface area (Å²) in [6.45, 7) is 2.88. The molecule has 0 aromatic carbocycles.